The summed E-state index contributed by atoms with van der Waals surface area (Å²) >= 11 is 1.10. The second kappa shape index (κ2) is 6.04. The van der Waals surface area contributed by atoms with E-state index in [4.69, 9.17) is 5.11 Å². The van der Waals surface area contributed by atoms with Crippen LogP contribution in [-0.2, 0) is 11.2 Å². The molecule has 0 bridgehead atoms. The predicted molar refractivity (Wildman–Crippen MR) is 73.8 cm³/mol. The molecule has 0 aliphatic rings. The molecular weight excluding hydrogens is 281 g/mol. The first kappa shape index (κ1) is 14.5. The molecule has 1 aromatic heterocycles. The standard InChI is InChI=1S/C13H14FN3O2S/c1-3-11-15-16-13(20-7-12(18)19)17(11)10-5-4-9(14)6-8(10)2/h4-6H,3,7H2,1-2H3,(H,18,19). The lowest BCUT2D eigenvalue weighted by atomic mass is 10.2. The Morgan fingerprint density at radius 1 is 1.45 bits per heavy atom. The second-order valence-corrected chi connectivity index (χ2v) is 5.14. The summed E-state index contributed by atoms with van der Waals surface area (Å²) in [6.07, 6.45) is 0.650. The minimum atomic E-state index is -0.918. The van der Waals surface area contributed by atoms with E-state index in [0.29, 0.717) is 17.4 Å². The lowest BCUT2D eigenvalue weighted by Crippen LogP contribution is -2.06. The molecule has 0 saturated carbocycles. The van der Waals surface area contributed by atoms with Gasteiger partial charge in [-0.1, -0.05) is 18.7 Å². The van der Waals surface area contributed by atoms with Gasteiger partial charge in [0, 0.05) is 6.42 Å². The Bertz CT molecular complexity index is 643. The number of hydrogen-bond donors (Lipinski definition) is 1. The third kappa shape index (κ3) is 2.98. The zero-order valence-corrected chi connectivity index (χ0v) is 11.9. The first-order chi connectivity index (χ1) is 9.52. The molecule has 0 saturated heterocycles. The minimum Gasteiger partial charge on any atom is -0.481 e. The highest BCUT2D eigenvalue weighted by Crippen LogP contribution is 2.24. The topological polar surface area (TPSA) is 68.0 Å². The molecule has 0 amide bonds. The smallest absolute Gasteiger partial charge is 0.313 e. The summed E-state index contributed by atoms with van der Waals surface area (Å²) < 4.78 is 15.0. The van der Waals surface area contributed by atoms with E-state index in [1.165, 1.54) is 12.1 Å². The maximum absolute atomic E-state index is 13.2. The predicted octanol–water partition coefficient (Wildman–Crippen LogP) is 2.45. The van der Waals surface area contributed by atoms with E-state index in [1.807, 2.05) is 6.92 Å². The molecule has 106 valence electrons. The molecule has 0 aliphatic carbocycles. The van der Waals surface area contributed by atoms with Gasteiger partial charge in [-0.25, -0.2) is 4.39 Å². The number of nitrogens with zero attached hydrogens (tertiary/aromatic N) is 3. The van der Waals surface area contributed by atoms with Gasteiger partial charge >= 0.3 is 5.97 Å². The third-order valence-electron chi connectivity index (χ3n) is 2.74. The number of halogens is 1. The second-order valence-electron chi connectivity index (χ2n) is 4.20. The molecule has 0 spiro atoms. The molecular formula is C13H14FN3O2S. The molecule has 0 unspecified atom stereocenters. The van der Waals surface area contributed by atoms with Gasteiger partial charge < -0.3 is 5.11 Å². The van der Waals surface area contributed by atoms with Gasteiger partial charge in [0.1, 0.15) is 11.6 Å². The van der Waals surface area contributed by atoms with Crippen LogP contribution in [0.1, 0.15) is 18.3 Å². The number of carboxylic acid groups (broad SMARTS) is 1. The van der Waals surface area contributed by atoms with Gasteiger partial charge in [-0.3, -0.25) is 9.36 Å². The molecule has 7 heteroatoms. The average molecular weight is 295 g/mol. The molecule has 0 aliphatic heterocycles. The van der Waals surface area contributed by atoms with Crippen LogP contribution in [0.25, 0.3) is 5.69 Å². The van der Waals surface area contributed by atoms with Gasteiger partial charge in [0.15, 0.2) is 5.16 Å². The zero-order valence-electron chi connectivity index (χ0n) is 11.1. The van der Waals surface area contributed by atoms with Crippen molar-refractivity contribution in [3.05, 3.63) is 35.4 Å². The average Bonchev–Trinajstić information content (AvgIpc) is 2.79. The van der Waals surface area contributed by atoms with E-state index in [2.05, 4.69) is 10.2 Å². The lowest BCUT2D eigenvalue weighted by Gasteiger charge is -2.11. The summed E-state index contributed by atoms with van der Waals surface area (Å²) in [6.45, 7) is 3.73. The number of carbonyl (C=O) groups is 1. The summed E-state index contributed by atoms with van der Waals surface area (Å²) in [4.78, 5) is 10.7. The highest BCUT2D eigenvalue weighted by atomic mass is 32.2. The molecule has 0 fully saturated rings. The van der Waals surface area contributed by atoms with Crippen LogP contribution in [0.15, 0.2) is 23.4 Å². The van der Waals surface area contributed by atoms with E-state index < -0.39 is 5.97 Å². The summed E-state index contributed by atoms with van der Waals surface area (Å²) in [6, 6.07) is 4.45. The molecule has 5 nitrogen and oxygen atoms in total. The van der Waals surface area contributed by atoms with E-state index in [9.17, 15) is 9.18 Å². The molecule has 0 radical (unpaired) electrons. The molecule has 1 aromatic carbocycles. The van der Waals surface area contributed by atoms with Gasteiger partial charge in [0.25, 0.3) is 0 Å². The number of aliphatic carboxylic acids is 1. The molecule has 1 N–H and O–H groups in total. The van der Waals surface area contributed by atoms with Crippen molar-refractivity contribution in [3.8, 4) is 5.69 Å². The molecule has 20 heavy (non-hydrogen) atoms. The number of carboxylic acids is 1. The van der Waals surface area contributed by atoms with Crippen LogP contribution in [0, 0.1) is 12.7 Å². The van der Waals surface area contributed by atoms with Crippen molar-refractivity contribution < 1.29 is 14.3 Å². The van der Waals surface area contributed by atoms with E-state index in [1.54, 1.807) is 17.6 Å². The fourth-order valence-electron chi connectivity index (χ4n) is 1.86. The molecule has 2 rings (SSSR count). The highest BCUT2D eigenvalue weighted by Gasteiger charge is 2.16. The van der Waals surface area contributed by atoms with Gasteiger partial charge in [-0.15, -0.1) is 10.2 Å². The lowest BCUT2D eigenvalue weighted by molar-refractivity contribution is -0.133. The van der Waals surface area contributed by atoms with Crippen molar-refractivity contribution >= 4 is 17.7 Å². The van der Waals surface area contributed by atoms with Crippen molar-refractivity contribution in [1.29, 1.82) is 0 Å². The third-order valence-corrected chi connectivity index (χ3v) is 3.65. The monoisotopic (exact) mass is 295 g/mol. The van der Waals surface area contributed by atoms with Crippen molar-refractivity contribution in [2.45, 2.75) is 25.4 Å². The van der Waals surface area contributed by atoms with E-state index in [0.717, 1.165) is 23.0 Å². The number of aromatic nitrogens is 3. The van der Waals surface area contributed by atoms with Crippen LogP contribution in [0.4, 0.5) is 4.39 Å². The fourth-order valence-corrected chi connectivity index (χ4v) is 2.54. The summed E-state index contributed by atoms with van der Waals surface area (Å²) in [5.74, 6) is -0.606. The number of rotatable bonds is 5. The maximum atomic E-state index is 13.2. The number of aryl methyl sites for hydroxylation is 2. The maximum Gasteiger partial charge on any atom is 0.313 e. The van der Waals surface area contributed by atoms with Crippen molar-refractivity contribution in [1.82, 2.24) is 14.8 Å². The zero-order chi connectivity index (χ0) is 14.7. The Hall–Kier alpha value is -1.89. The van der Waals surface area contributed by atoms with E-state index >= 15 is 0 Å². The SMILES string of the molecule is CCc1nnc(SCC(=O)O)n1-c1ccc(F)cc1C. The Morgan fingerprint density at radius 2 is 2.20 bits per heavy atom. The summed E-state index contributed by atoms with van der Waals surface area (Å²) in [7, 11) is 0. The van der Waals surface area contributed by atoms with Crippen LogP contribution in [0.2, 0.25) is 0 Å². The van der Waals surface area contributed by atoms with Crippen molar-refractivity contribution in [2.75, 3.05) is 5.75 Å². The van der Waals surface area contributed by atoms with Crippen LogP contribution in [0.3, 0.4) is 0 Å². The highest BCUT2D eigenvalue weighted by molar-refractivity contribution is 7.99. The molecule has 2 aromatic rings. The van der Waals surface area contributed by atoms with E-state index in [-0.39, 0.29) is 11.6 Å². The van der Waals surface area contributed by atoms with Crippen LogP contribution in [-0.4, -0.2) is 31.6 Å². The first-order valence-corrected chi connectivity index (χ1v) is 7.07. The normalized spacial score (nSPS) is 10.8. The van der Waals surface area contributed by atoms with Crippen LogP contribution >= 0.6 is 11.8 Å². The summed E-state index contributed by atoms with van der Waals surface area (Å²) in [5, 5.41) is 17.3. The molecule has 0 atom stereocenters. The van der Waals surface area contributed by atoms with Gasteiger partial charge in [-0.05, 0) is 30.7 Å². The molecule has 1 heterocycles. The van der Waals surface area contributed by atoms with Crippen LogP contribution < -0.4 is 0 Å². The Morgan fingerprint density at radius 3 is 2.80 bits per heavy atom. The quantitative estimate of drug-likeness (QED) is 0.858. The number of thioether (sulfide) groups is 1. The van der Waals surface area contributed by atoms with Crippen molar-refractivity contribution in [3.63, 3.8) is 0 Å². The Labute approximate surface area is 119 Å². The van der Waals surface area contributed by atoms with Crippen LogP contribution in [0.5, 0.6) is 0 Å². The minimum absolute atomic E-state index is 0.0951. The van der Waals surface area contributed by atoms with Gasteiger partial charge in [-0.2, -0.15) is 0 Å². The Kier molecular flexibility index (Phi) is 4.39. The van der Waals surface area contributed by atoms with Gasteiger partial charge in [0.2, 0.25) is 0 Å². The first-order valence-electron chi connectivity index (χ1n) is 6.08. The fraction of sp³-hybridized carbons (Fsp3) is 0.308. The Balaban J connectivity index is 2.47. The van der Waals surface area contributed by atoms with Gasteiger partial charge in [0.05, 0.1) is 11.4 Å². The van der Waals surface area contributed by atoms with Crippen molar-refractivity contribution in [2.24, 2.45) is 0 Å². The number of hydrogen-bond acceptors (Lipinski definition) is 4. The summed E-state index contributed by atoms with van der Waals surface area (Å²) in [5.41, 5.74) is 1.51. The largest absolute Gasteiger partial charge is 0.481 e. The number of benzene rings is 1.